The van der Waals surface area contributed by atoms with Crippen LogP contribution >= 0.6 is 0 Å². The molecule has 2 rings (SSSR count). The van der Waals surface area contributed by atoms with Gasteiger partial charge in [0.2, 0.25) is 5.79 Å². The van der Waals surface area contributed by atoms with Crippen LogP contribution in [0.5, 0.6) is 11.5 Å². The van der Waals surface area contributed by atoms with Gasteiger partial charge in [0.25, 0.3) is 0 Å². The molecular formula is C16H24O9. The molecule has 1 aromatic carbocycles. The van der Waals surface area contributed by atoms with Crippen molar-refractivity contribution in [2.24, 2.45) is 0 Å². The number of ether oxygens (including phenoxy) is 4. The average Bonchev–Trinajstić information content (AvgIpc) is 2.90. The Kier molecular flexibility index (Phi) is 6.96. The molecule has 1 unspecified atom stereocenters. The van der Waals surface area contributed by atoms with Crippen molar-refractivity contribution in [2.75, 3.05) is 33.5 Å². The zero-order valence-corrected chi connectivity index (χ0v) is 13.8. The maximum absolute atomic E-state index is 10.1. The summed E-state index contributed by atoms with van der Waals surface area (Å²) in [6, 6.07) is 6.88. The Labute approximate surface area is 145 Å². The Hall–Kier alpha value is -1.46. The van der Waals surface area contributed by atoms with E-state index in [2.05, 4.69) is 0 Å². The van der Waals surface area contributed by atoms with Gasteiger partial charge in [-0.15, -0.1) is 0 Å². The topological polar surface area (TPSA) is 138 Å². The standard InChI is InChI=1S/C16H24O9/c1-22-11-4-2-3-5-12(11)23-8-10(6-17)24-16(9-19)15(21)14(20)13(7-18)25-16/h2-5,10,13-15,17-21H,6-9H2,1H3/t10?,13-,14-,15+,16-/m1/s1. The van der Waals surface area contributed by atoms with Crippen LogP contribution in [0.3, 0.4) is 0 Å². The fourth-order valence-electron chi connectivity index (χ4n) is 2.60. The SMILES string of the molecule is COc1ccccc1OCC(CO)O[C@]1(CO)O[C@H](CO)[C@@H](O)[C@@H]1O. The van der Waals surface area contributed by atoms with Gasteiger partial charge < -0.3 is 44.5 Å². The van der Waals surface area contributed by atoms with E-state index in [0.717, 1.165) is 0 Å². The highest BCUT2D eigenvalue weighted by Crippen LogP contribution is 2.33. The Morgan fingerprint density at radius 3 is 2.36 bits per heavy atom. The van der Waals surface area contributed by atoms with Gasteiger partial charge in [-0.05, 0) is 12.1 Å². The summed E-state index contributed by atoms with van der Waals surface area (Å²) in [5.74, 6) is -1.06. The van der Waals surface area contributed by atoms with Crippen LogP contribution in [-0.2, 0) is 9.47 Å². The van der Waals surface area contributed by atoms with Gasteiger partial charge in [-0.1, -0.05) is 12.1 Å². The summed E-state index contributed by atoms with van der Waals surface area (Å²) in [5.41, 5.74) is 0. The van der Waals surface area contributed by atoms with Crippen LogP contribution in [0.2, 0.25) is 0 Å². The normalized spacial score (nSPS) is 30.2. The fourth-order valence-corrected chi connectivity index (χ4v) is 2.60. The highest BCUT2D eigenvalue weighted by Gasteiger charge is 2.56. The number of rotatable bonds is 9. The molecule has 0 aliphatic carbocycles. The predicted molar refractivity (Wildman–Crippen MR) is 84.2 cm³/mol. The van der Waals surface area contributed by atoms with Crippen LogP contribution in [0.15, 0.2) is 24.3 Å². The highest BCUT2D eigenvalue weighted by atomic mass is 16.7. The molecule has 1 saturated heterocycles. The zero-order valence-electron chi connectivity index (χ0n) is 13.8. The van der Waals surface area contributed by atoms with Crippen molar-refractivity contribution >= 4 is 0 Å². The van der Waals surface area contributed by atoms with Crippen LogP contribution < -0.4 is 9.47 Å². The summed E-state index contributed by atoms with van der Waals surface area (Å²) >= 11 is 0. The first kappa shape index (κ1) is 19.9. The minimum absolute atomic E-state index is 0.130. The van der Waals surface area contributed by atoms with Gasteiger partial charge in [-0.25, -0.2) is 0 Å². The van der Waals surface area contributed by atoms with Gasteiger partial charge in [-0.2, -0.15) is 0 Å². The lowest BCUT2D eigenvalue weighted by atomic mass is 10.1. The van der Waals surface area contributed by atoms with Gasteiger partial charge in [0, 0.05) is 0 Å². The van der Waals surface area contributed by atoms with E-state index in [9.17, 15) is 20.4 Å². The molecular weight excluding hydrogens is 336 g/mol. The number of hydrogen-bond donors (Lipinski definition) is 5. The van der Waals surface area contributed by atoms with E-state index in [1.165, 1.54) is 7.11 Å². The van der Waals surface area contributed by atoms with E-state index in [1.54, 1.807) is 24.3 Å². The first-order chi connectivity index (χ1) is 12.0. The van der Waals surface area contributed by atoms with Gasteiger partial charge in [0.1, 0.15) is 37.6 Å². The molecule has 1 fully saturated rings. The molecule has 1 aliphatic rings. The van der Waals surface area contributed by atoms with Crippen LogP contribution in [0.4, 0.5) is 0 Å². The quantitative estimate of drug-likeness (QED) is 0.347. The number of benzene rings is 1. The third kappa shape index (κ3) is 4.21. The maximum Gasteiger partial charge on any atom is 0.222 e. The molecule has 0 amide bonds. The van der Waals surface area contributed by atoms with E-state index in [1.807, 2.05) is 0 Å². The second-order valence-electron chi connectivity index (χ2n) is 5.63. The van der Waals surface area contributed by atoms with Crippen LogP contribution in [0, 0.1) is 0 Å². The Morgan fingerprint density at radius 2 is 1.84 bits per heavy atom. The van der Waals surface area contributed by atoms with Gasteiger partial charge in [0.15, 0.2) is 11.5 Å². The first-order valence-corrected chi connectivity index (χ1v) is 7.81. The van der Waals surface area contributed by atoms with Crippen molar-refractivity contribution in [1.82, 2.24) is 0 Å². The largest absolute Gasteiger partial charge is 0.493 e. The number of methoxy groups -OCH3 is 1. The van der Waals surface area contributed by atoms with E-state index in [-0.39, 0.29) is 6.61 Å². The van der Waals surface area contributed by atoms with Crippen molar-refractivity contribution < 1.29 is 44.5 Å². The molecule has 1 aliphatic heterocycles. The summed E-state index contributed by atoms with van der Waals surface area (Å²) in [5, 5.41) is 48.2. The van der Waals surface area contributed by atoms with Gasteiger partial charge in [0.05, 0.1) is 20.3 Å². The molecule has 0 bridgehead atoms. The van der Waals surface area contributed by atoms with Crippen LogP contribution in [-0.4, -0.2) is 89.3 Å². The lowest BCUT2D eigenvalue weighted by Crippen LogP contribution is -2.52. The second kappa shape index (κ2) is 8.77. The minimum atomic E-state index is -1.97. The molecule has 9 heteroatoms. The molecule has 1 heterocycles. The monoisotopic (exact) mass is 360 g/mol. The maximum atomic E-state index is 10.1. The van der Waals surface area contributed by atoms with E-state index < -0.39 is 50.0 Å². The first-order valence-electron chi connectivity index (χ1n) is 7.81. The fraction of sp³-hybridized carbons (Fsp3) is 0.625. The van der Waals surface area contributed by atoms with E-state index in [0.29, 0.717) is 11.5 Å². The summed E-state index contributed by atoms with van der Waals surface area (Å²) in [6.07, 6.45) is -5.13. The second-order valence-corrected chi connectivity index (χ2v) is 5.63. The van der Waals surface area contributed by atoms with E-state index >= 15 is 0 Å². The number of aliphatic hydroxyl groups excluding tert-OH is 5. The van der Waals surface area contributed by atoms with Crippen LogP contribution in [0.1, 0.15) is 0 Å². The summed E-state index contributed by atoms with van der Waals surface area (Å²) in [6.45, 7) is -1.97. The molecule has 9 nitrogen and oxygen atoms in total. The van der Waals surface area contributed by atoms with Gasteiger partial charge >= 0.3 is 0 Å². The smallest absolute Gasteiger partial charge is 0.222 e. The van der Waals surface area contributed by atoms with Crippen molar-refractivity contribution in [3.8, 4) is 11.5 Å². The summed E-state index contributed by atoms with van der Waals surface area (Å²) in [7, 11) is 1.49. The number of hydrogen-bond acceptors (Lipinski definition) is 9. The average molecular weight is 360 g/mol. The zero-order chi connectivity index (χ0) is 18.4. The molecule has 0 spiro atoms. The van der Waals surface area contributed by atoms with Crippen molar-refractivity contribution in [1.29, 1.82) is 0 Å². The van der Waals surface area contributed by atoms with Crippen molar-refractivity contribution in [3.05, 3.63) is 24.3 Å². The number of para-hydroxylation sites is 2. The molecule has 0 radical (unpaired) electrons. The molecule has 0 saturated carbocycles. The third-order valence-corrected chi connectivity index (χ3v) is 3.97. The number of aliphatic hydroxyl groups is 5. The third-order valence-electron chi connectivity index (χ3n) is 3.97. The molecule has 0 aromatic heterocycles. The van der Waals surface area contributed by atoms with Crippen molar-refractivity contribution in [2.45, 2.75) is 30.2 Å². The van der Waals surface area contributed by atoms with Crippen LogP contribution in [0.25, 0.3) is 0 Å². The molecule has 5 atom stereocenters. The lowest BCUT2D eigenvalue weighted by Gasteiger charge is -2.33. The molecule has 1 aromatic rings. The van der Waals surface area contributed by atoms with E-state index in [4.69, 9.17) is 24.1 Å². The Bertz CT molecular complexity index is 540. The Morgan fingerprint density at radius 1 is 1.16 bits per heavy atom. The lowest BCUT2D eigenvalue weighted by molar-refractivity contribution is -0.299. The minimum Gasteiger partial charge on any atom is -0.493 e. The van der Waals surface area contributed by atoms with Gasteiger partial charge in [-0.3, -0.25) is 0 Å². The molecule has 5 N–H and O–H groups in total. The summed E-state index contributed by atoms with van der Waals surface area (Å²) in [4.78, 5) is 0. The molecule has 25 heavy (non-hydrogen) atoms. The van der Waals surface area contributed by atoms with Crippen molar-refractivity contribution in [3.63, 3.8) is 0 Å². The Balaban J connectivity index is 2.05. The molecule has 142 valence electrons. The predicted octanol–water partition coefficient (Wildman–Crippen LogP) is -1.75. The highest BCUT2D eigenvalue weighted by molar-refractivity contribution is 5.39. The summed E-state index contributed by atoms with van der Waals surface area (Å²) < 4.78 is 21.5.